The number of hydrogen-bond donors (Lipinski definition) is 0. The molecule has 2 aliphatic carbocycles. The first-order valence-corrected chi connectivity index (χ1v) is 21.8. The molecule has 0 amide bonds. The molecule has 0 atom stereocenters. The smallest absolute Gasteiger partial charge is 0.136 e. The molecule has 2 aliphatic rings. The highest BCUT2D eigenvalue weighted by molar-refractivity contribution is 6.34. The van der Waals surface area contributed by atoms with Crippen LogP contribution in [0, 0.1) is 0 Å². The lowest BCUT2D eigenvalue weighted by molar-refractivity contribution is 0.658. The minimum atomic E-state index is -0.196. The second kappa shape index (κ2) is 12.6. The van der Waals surface area contributed by atoms with Gasteiger partial charge in [0.05, 0.1) is 5.69 Å². The SMILES string of the molecule is CC1(C)c2ccccc2-c2ccc(N(c3cccc(-c4ccc5c6ccccc6c6c(ccc7oc8ccccc8c76)c5c4)c3)c3cccc4c3C(C)(C)c3ccccc3-4)cc21. The molecule has 0 aliphatic heterocycles. The number of para-hydroxylation sites is 1. The zero-order chi connectivity index (χ0) is 41.5. The van der Waals surface area contributed by atoms with E-state index in [1.807, 2.05) is 0 Å². The zero-order valence-electron chi connectivity index (χ0n) is 35.3. The topological polar surface area (TPSA) is 16.4 Å². The third-order valence-electron chi connectivity index (χ3n) is 14.4. The first-order chi connectivity index (χ1) is 30.3. The molecular weight excluding hydrogens is 751 g/mol. The second-order valence-corrected chi connectivity index (χ2v) is 18.4. The lowest BCUT2D eigenvalue weighted by Gasteiger charge is -2.33. The maximum absolute atomic E-state index is 6.43. The molecule has 10 aromatic carbocycles. The summed E-state index contributed by atoms with van der Waals surface area (Å²) in [6.45, 7) is 9.53. The first kappa shape index (κ1) is 35.3. The van der Waals surface area contributed by atoms with Crippen LogP contribution in [0.15, 0.2) is 192 Å². The molecular formula is C60H43NO. The molecule has 294 valence electrons. The number of fused-ring (bicyclic) bond motifs is 16. The number of anilines is 3. The Kier molecular flexibility index (Phi) is 7.16. The number of benzene rings is 10. The van der Waals surface area contributed by atoms with Gasteiger partial charge in [-0.3, -0.25) is 0 Å². The minimum Gasteiger partial charge on any atom is -0.456 e. The third kappa shape index (κ3) is 4.75. The quantitative estimate of drug-likeness (QED) is 0.165. The highest BCUT2D eigenvalue weighted by atomic mass is 16.3. The van der Waals surface area contributed by atoms with E-state index in [0.29, 0.717) is 0 Å². The van der Waals surface area contributed by atoms with Crippen molar-refractivity contribution in [1.29, 1.82) is 0 Å². The highest BCUT2D eigenvalue weighted by Crippen LogP contribution is 2.56. The molecule has 0 unspecified atom stereocenters. The molecule has 0 radical (unpaired) electrons. The van der Waals surface area contributed by atoms with Gasteiger partial charge in [0.15, 0.2) is 0 Å². The van der Waals surface area contributed by atoms with Crippen LogP contribution in [0.2, 0.25) is 0 Å². The van der Waals surface area contributed by atoms with Crippen molar-refractivity contribution in [2.24, 2.45) is 0 Å². The van der Waals surface area contributed by atoms with Gasteiger partial charge in [0, 0.05) is 38.4 Å². The summed E-state index contributed by atoms with van der Waals surface area (Å²) in [5.74, 6) is 0. The molecule has 11 aromatic rings. The number of furan rings is 1. The van der Waals surface area contributed by atoms with Gasteiger partial charge >= 0.3 is 0 Å². The van der Waals surface area contributed by atoms with Gasteiger partial charge in [-0.1, -0.05) is 161 Å². The van der Waals surface area contributed by atoms with Crippen LogP contribution in [0.1, 0.15) is 49.9 Å². The van der Waals surface area contributed by atoms with Gasteiger partial charge in [-0.2, -0.15) is 0 Å². The van der Waals surface area contributed by atoms with E-state index in [1.165, 1.54) is 99.0 Å². The highest BCUT2D eigenvalue weighted by Gasteiger charge is 2.40. The van der Waals surface area contributed by atoms with Crippen LogP contribution in [0.3, 0.4) is 0 Å². The van der Waals surface area contributed by atoms with Crippen LogP contribution >= 0.6 is 0 Å². The van der Waals surface area contributed by atoms with E-state index in [-0.39, 0.29) is 10.8 Å². The van der Waals surface area contributed by atoms with E-state index >= 15 is 0 Å². The normalized spacial score (nSPS) is 14.4. The molecule has 13 rings (SSSR count). The molecule has 1 aromatic heterocycles. The maximum Gasteiger partial charge on any atom is 0.136 e. The van der Waals surface area contributed by atoms with E-state index in [9.17, 15) is 0 Å². The van der Waals surface area contributed by atoms with E-state index in [0.717, 1.165) is 27.9 Å². The van der Waals surface area contributed by atoms with Crippen molar-refractivity contribution >= 4 is 71.3 Å². The van der Waals surface area contributed by atoms with Crippen LogP contribution in [0.5, 0.6) is 0 Å². The number of rotatable bonds is 4. The lowest BCUT2D eigenvalue weighted by Crippen LogP contribution is -2.21. The van der Waals surface area contributed by atoms with Crippen LogP contribution in [-0.2, 0) is 10.8 Å². The van der Waals surface area contributed by atoms with Gasteiger partial charge in [-0.15, -0.1) is 0 Å². The van der Waals surface area contributed by atoms with Gasteiger partial charge in [-0.05, 0) is 137 Å². The summed E-state index contributed by atoms with van der Waals surface area (Å²) in [4.78, 5) is 2.53. The van der Waals surface area contributed by atoms with Crippen LogP contribution in [-0.4, -0.2) is 0 Å². The fourth-order valence-corrected chi connectivity index (χ4v) is 11.5. The molecule has 1 heterocycles. The first-order valence-electron chi connectivity index (χ1n) is 21.8. The Morgan fingerprint density at radius 2 is 0.952 bits per heavy atom. The monoisotopic (exact) mass is 793 g/mol. The Labute approximate surface area is 361 Å². The Morgan fingerprint density at radius 3 is 1.79 bits per heavy atom. The molecule has 0 N–H and O–H groups in total. The van der Waals surface area contributed by atoms with Gasteiger partial charge in [-0.25, -0.2) is 0 Å². The van der Waals surface area contributed by atoms with Crippen molar-refractivity contribution in [3.63, 3.8) is 0 Å². The lowest BCUT2D eigenvalue weighted by atomic mass is 9.81. The second-order valence-electron chi connectivity index (χ2n) is 18.4. The summed E-state index contributed by atoms with van der Waals surface area (Å²) in [6, 6.07) is 69.9. The van der Waals surface area contributed by atoms with Crippen molar-refractivity contribution in [2.75, 3.05) is 4.90 Å². The minimum absolute atomic E-state index is 0.129. The fourth-order valence-electron chi connectivity index (χ4n) is 11.5. The summed E-state index contributed by atoms with van der Waals surface area (Å²) >= 11 is 0. The van der Waals surface area contributed by atoms with Gasteiger partial charge < -0.3 is 9.32 Å². The molecule has 0 saturated carbocycles. The van der Waals surface area contributed by atoms with Crippen molar-refractivity contribution in [2.45, 2.75) is 38.5 Å². The third-order valence-corrected chi connectivity index (χ3v) is 14.4. The summed E-state index contributed by atoms with van der Waals surface area (Å²) in [5, 5.41) is 9.81. The Morgan fingerprint density at radius 1 is 0.355 bits per heavy atom. The molecule has 0 spiro atoms. The molecule has 0 saturated heterocycles. The summed E-state index contributed by atoms with van der Waals surface area (Å²) in [5.41, 5.74) is 18.2. The molecule has 0 bridgehead atoms. The van der Waals surface area contributed by atoms with Gasteiger partial charge in [0.2, 0.25) is 0 Å². The van der Waals surface area contributed by atoms with Crippen LogP contribution in [0.4, 0.5) is 17.1 Å². The van der Waals surface area contributed by atoms with Crippen molar-refractivity contribution in [1.82, 2.24) is 0 Å². The molecule has 62 heavy (non-hydrogen) atoms. The fraction of sp³-hybridized carbons (Fsp3) is 0.100. The van der Waals surface area contributed by atoms with E-state index < -0.39 is 0 Å². The average Bonchev–Trinajstić information content (AvgIpc) is 3.89. The summed E-state index contributed by atoms with van der Waals surface area (Å²) < 4.78 is 6.43. The van der Waals surface area contributed by atoms with E-state index in [1.54, 1.807) is 0 Å². The Bertz CT molecular complexity index is 3710. The van der Waals surface area contributed by atoms with Crippen LogP contribution in [0.25, 0.3) is 87.6 Å². The van der Waals surface area contributed by atoms with Gasteiger partial charge in [0.1, 0.15) is 11.2 Å². The number of nitrogens with zero attached hydrogens (tertiary/aromatic N) is 1. The summed E-state index contributed by atoms with van der Waals surface area (Å²) in [7, 11) is 0. The average molecular weight is 794 g/mol. The maximum atomic E-state index is 6.43. The molecule has 2 heteroatoms. The van der Waals surface area contributed by atoms with Crippen molar-refractivity contribution < 1.29 is 4.42 Å². The molecule has 0 fully saturated rings. The largest absolute Gasteiger partial charge is 0.456 e. The molecule has 2 nitrogen and oxygen atoms in total. The Hall–Kier alpha value is -7.42. The van der Waals surface area contributed by atoms with Crippen molar-refractivity contribution in [3.05, 3.63) is 210 Å². The number of hydrogen-bond acceptors (Lipinski definition) is 2. The van der Waals surface area contributed by atoms with Crippen molar-refractivity contribution in [3.8, 4) is 33.4 Å². The summed E-state index contributed by atoms with van der Waals surface area (Å²) in [6.07, 6.45) is 0. The van der Waals surface area contributed by atoms with Gasteiger partial charge in [0.25, 0.3) is 0 Å². The Balaban J connectivity index is 1.04. The zero-order valence-corrected chi connectivity index (χ0v) is 35.3. The van der Waals surface area contributed by atoms with E-state index in [4.69, 9.17) is 4.42 Å². The van der Waals surface area contributed by atoms with Crippen LogP contribution < -0.4 is 4.90 Å². The van der Waals surface area contributed by atoms with E-state index in [2.05, 4.69) is 221 Å². The standard InChI is InChI=1S/C60H43NO/c1-59(2)50-23-10-7-18-42(50)44-30-28-39(35-52(44)59)61(53-25-14-22-47-43-19-8-11-24-51(43)60(3,4)58(47)53)38-16-13-15-36(33-38)37-27-29-41-40-17-5-6-20-45(40)56-46(49(41)34-37)31-32-55-57(56)48-21-9-12-26-54(48)62-55/h5-35H,1-4H3. The predicted molar refractivity (Wildman–Crippen MR) is 261 cm³/mol. The predicted octanol–water partition coefficient (Wildman–Crippen LogP) is 16.8.